The molecule has 1 aliphatic rings. The third-order valence-corrected chi connectivity index (χ3v) is 12.7. The van der Waals surface area contributed by atoms with Crippen molar-refractivity contribution in [3.8, 4) is 39.1 Å². The Morgan fingerprint density at radius 1 is 0.500 bits per heavy atom. The lowest BCUT2D eigenvalue weighted by Crippen LogP contribution is -2.15. The van der Waals surface area contributed by atoms with Crippen LogP contribution in [-0.2, 0) is 5.41 Å². The second-order valence-electron chi connectivity index (χ2n) is 15.1. The number of para-hydroxylation sites is 1. The minimum atomic E-state index is -0.0779. The van der Waals surface area contributed by atoms with Crippen LogP contribution in [0.4, 0.5) is 11.4 Å². The van der Waals surface area contributed by atoms with Gasteiger partial charge in [-0.05, 0) is 104 Å². The Morgan fingerprint density at radius 3 is 2.06 bits per heavy atom. The molecule has 0 aliphatic heterocycles. The molecule has 0 spiro atoms. The summed E-state index contributed by atoms with van der Waals surface area (Å²) in [5, 5.41) is 8.94. The maximum absolute atomic E-state index is 3.95. The summed E-state index contributed by atoms with van der Waals surface area (Å²) in [6.45, 7) is 4.69. The van der Waals surface area contributed by atoms with E-state index in [9.17, 15) is 0 Å². The Bertz CT molecular complexity index is 3100. The van der Waals surface area contributed by atoms with Crippen LogP contribution in [0.2, 0.25) is 0 Å². The van der Waals surface area contributed by atoms with Gasteiger partial charge in [-0.25, -0.2) is 0 Å². The fraction of sp³-hybridized carbons (Fsp3) is 0.0588. The molecule has 10 aromatic rings. The molecule has 11 rings (SSSR count). The number of fused-ring (bicyclic) bond motifs is 9. The second-order valence-corrected chi connectivity index (χ2v) is 16.1. The first kappa shape index (κ1) is 31.1. The zero-order valence-corrected chi connectivity index (χ0v) is 30.9. The molecule has 1 aliphatic carbocycles. The van der Waals surface area contributed by atoms with Gasteiger partial charge >= 0.3 is 0 Å². The largest absolute Gasteiger partial charge is 0.355 e. The molecule has 8 aromatic carbocycles. The number of hydrogen-bond acceptors (Lipinski definition) is 2. The van der Waals surface area contributed by atoms with E-state index in [1.165, 1.54) is 86.5 Å². The maximum atomic E-state index is 3.95. The highest BCUT2D eigenvalue weighted by molar-refractivity contribution is 7.26. The molecular weight excluding hydrogens is 673 g/mol. The highest BCUT2D eigenvalue weighted by Crippen LogP contribution is 2.50. The van der Waals surface area contributed by atoms with Gasteiger partial charge < -0.3 is 9.88 Å². The molecule has 0 saturated heterocycles. The lowest BCUT2D eigenvalue weighted by Gasteiger charge is -2.22. The van der Waals surface area contributed by atoms with E-state index in [4.69, 9.17) is 0 Å². The van der Waals surface area contributed by atoms with Gasteiger partial charge in [0.1, 0.15) is 0 Å². The van der Waals surface area contributed by atoms with Crippen molar-refractivity contribution in [1.29, 1.82) is 0 Å². The van der Waals surface area contributed by atoms with E-state index in [2.05, 4.69) is 200 Å². The molecule has 256 valence electrons. The summed E-state index contributed by atoms with van der Waals surface area (Å²) in [5.41, 5.74) is 15.9. The lowest BCUT2D eigenvalue weighted by molar-refractivity contribution is 0.660. The molecule has 2 heterocycles. The molecule has 0 atom stereocenters. The molecule has 1 N–H and O–H groups in total. The van der Waals surface area contributed by atoms with Crippen LogP contribution in [0.15, 0.2) is 176 Å². The minimum absolute atomic E-state index is 0.0779. The van der Waals surface area contributed by atoms with E-state index in [-0.39, 0.29) is 5.41 Å². The van der Waals surface area contributed by atoms with Crippen LogP contribution in [0.3, 0.4) is 0 Å². The van der Waals surface area contributed by atoms with Gasteiger partial charge in [-0.3, -0.25) is 0 Å². The number of benzene rings is 8. The maximum Gasteiger partial charge on any atom is 0.0727 e. The first-order valence-electron chi connectivity index (χ1n) is 18.7. The van der Waals surface area contributed by atoms with Crippen molar-refractivity contribution in [3.63, 3.8) is 0 Å². The Balaban J connectivity index is 1.15. The van der Waals surface area contributed by atoms with Crippen LogP contribution < -0.4 is 5.32 Å². The van der Waals surface area contributed by atoms with Gasteiger partial charge in [-0.2, -0.15) is 0 Å². The first-order valence-corrected chi connectivity index (χ1v) is 19.5. The Kier molecular flexibility index (Phi) is 6.80. The number of anilines is 2. The van der Waals surface area contributed by atoms with Gasteiger partial charge in [-0.1, -0.05) is 135 Å². The number of thiophene rings is 1. The van der Waals surface area contributed by atoms with E-state index < -0.39 is 0 Å². The van der Waals surface area contributed by atoms with Crippen LogP contribution in [0.25, 0.3) is 81.0 Å². The van der Waals surface area contributed by atoms with Crippen molar-refractivity contribution in [1.82, 2.24) is 4.57 Å². The molecule has 54 heavy (non-hydrogen) atoms. The van der Waals surface area contributed by atoms with Crippen LogP contribution in [-0.4, -0.2) is 4.57 Å². The van der Waals surface area contributed by atoms with Crippen molar-refractivity contribution in [2.45, 2.75) is 19.3 Å². The van der Waals surface area contributed by atoms with Gasteiger partial charge in [0.25, 0.3) is 0 Å². The predicted molar refractivity (Wildman–Crippen MR) is 232 cm³/mol. The lowest BCUT2D eigenvalue weighted by atomic mass is 9.82. The Labute approximate surface area is 318 Å². The quantitative estimate of drug-likeness (QED) is 0.188. The summed E-state index contributed by atoms with van der Waals surface area (Å²) < 4.78 is 5.13. The highest BCUT2D eigenvalue weighted by Gasteiger charge is 2.35. The second kappa shape index (κ2) is 11.8. The van der Waals surface area contributed by atoms with Gasteiger partial charge in [0.2, 0.25) is 0 Å². The Hall–Kier alpha value is -6.42. The molecule has 0 radical (unpaired) electrons. The molecule has 2 nitrogen and oxygen atoms in total. The molecule has 0 fully saturated rings. The standard InChI is InChI=1S/C51H36N2S/c1-51(2)44-21-11-8-18-39(44)40-25-24-37(31-45(40)51)52-46-30-34-17-7-6-16-33(34)29-43(46)36-26-35(32-14-4-3-5-15-32)27-38(28-36)53-47-22-12-9-19-41(47)50-49(53)42-20-10-13-23-48(42)54-50/h3-31,52H,1-2H3. The van der Waals surface area contributed by atoms with Gasteiger partial charge in [0, 0.05) is 43.5 Å². The SMILES string of the molecule is CC1(C)c2ccccc2-c2ccc(Nc3cc4ccccc4cc3-c3cc(-c4ccccc4)cc(-n4c5ccccc5c5sc6ccccc6c54)c3)cc21. The molecule has 2 aromatic heterocycles. The smallest absolute Gasteiger partial charge is 0.0727 e. The van der Waals surface area contributed by atoms with Gasteiger partial charge in [0.15, 0.2) is 0 Å². The summed E-state index contributed by atoms with van der Waals surface area (Å²) in [6.07, 6.45) is 0. The minimum Gasteiger partial charge on any atom is -0.355 e. The van der Waals surface area contributed by atoms with Crippen molar-refractivity contribution in [2.75, 3.05) is 5.32 Å². The van der Waals surface area contributed by atoms with Crippen molar-refractivity contribution in [3.05, 3.63) is 187 Å². The zero-order chi connectivity index (χ0) is 36.0. The van der Waals surface area contributed by atoms with Crippen molar-refractivity contribution >= 4 is 64.7 Å². The number of hydrogen-bond donors (Lipinski definition) is 1. The highest BCUT2D eigenvalue weighted by atomic mass is 32.1. The van der Waals surface area contributed by atoms with E-state index in [1.807, 2.05) is 11.3 Å². The van der Waals surface area contributed by atoms with Crippen LogP contribution in [0.5, 0.6) is 0 Å². The number of nitrogens with one attached hydrogen (secondary N) is 1. The number of nitrogens with zero attached hydrogens (tertiary/aromatic N) is 1. The molecular formula is C51H36N2S. The average molecular weight is 709 g/mol. The summed E-state index contributed by atoms with van der Waals surface area (Å²) >= 11 is 1.89. The predicted octanol–water partition coefficient (Wildman–Crippen LogP) is 14.5. The first-order chi connectivity index (χ1) is 26.5. The van der Waals surface area contributed by atoms with Crippen molar-refractivity contribution < 1.29 is 0 Å². The van der Waals surface area contributed by atoms with Crippen LogP contribution >= 0.6 is 11.3 Å². The summed E-state index contributed by atoms with van der Waals surface area (Å²) in [7, 11) is 0. The van der Waals surface area contributed by atoms with Gasteiger partial charge in [0.05, 0.1) is 15.7 Å². The zero-order valence-electron chi connectivity index (χ0n) is 30.1. The van der Waals surface area contributed by atoms with E-state index in [1.54, 1.807) is 0 Å². The Morgan fingerprint density at radius 2 is 1.19 bits per heavy atom. The van der Waals surface area contributed by atoms with Gasteiger partial charge in [-0.15, -0.1) is 11.3 Å². The number of rotatable bonds is 5. The topological polar surface area (TPSA) is 17.0 Å². The molecule has 0 bridgehead atoms. The molecule has 3 heteroatoms. The third-order valence-electron chi connectivity index (χ3n) is 11.5. The van der Waals surface area contributed by atoms with Crippen molar-refractivity contribution in [2.24, 2.45) is 0 Å². The molecule has 0 saturated carbocycles. The van der Waals surface area contributed by atoms with E-state index >= 15 is 0 Å². The number of aromatic nitrogens is 1. The molecule has 0 unspecified atom stereocenters. The average Bonchev–Trinajstić information content (AvgIpc) is 3.82. The fourth-order valence-corrected chi connectivity index (χ4v) is 10.1. The van der Waals surface area contributed by atoms with E-state index in [0.717, 1.165) is 17.1 Å². The third kappa shape index (κ3) is 4.72. The van der Waals surface area contributed by atoms with E-state index in [0.29, 0.717) is 0 Å². The summed E-state index contributed by atoms with van der Waals surface area (Å²) in [5.74, 6) is 0. The summed E-state index contributed by atoms with van der Waals surface area (Å²) in [6, 6.07) is 64.7. The van der Waals surface area contributed by atoms with Crippen LogP contribution in [0.1, 0.15) is 25.0 Å². The fourth-order valence-electron chi connectivity index (χ4n) is 8.90. The van der Waals surface area contributed by atoms with Crippen LogP contribution in [0, 0.1) is 0 Å². The monoisotopic (exact) mass is 708 g/mol. The summed E-state index contributed by atoms with van der Waals surface area (Å²) in [4.78, 5) is 0. The molecule has 0 amide bonds. The normalized spacial score (nSPS) is 13.1.